The van der Waals surface area contributed by atoms with Crippen LogP contribution in [-0.4, -0.2) is 28.9 Å². The number of carbonyl (C=O) groups excluding carboxylic acids is 1. The second-order valence-electron chi connectivity index (χ2n) is 4.64. The first-order valence-electron chi connectivity index (χ1n) is 6.10. The van der Waals surface area contributed by atoms with E-state index in [0.717, 1.165) is 0 Å². The lowest BCUT2D eigenvalue weighted by atomic mass is 9.89. The van der Waals surface area contributed by atoms with Gasteiger partial charge < -0.3 is 10.0 Å². The van der Waals surface area contributed by atoms with Gasteiger partial charge in [-0.15, -0.1) is 0 Å². The molecule has 5 heteroatoms. The lowest BCUT2D eigenvalue weighted by Gasteiger charge is -2.35. The zero-order valence-electron chi connectivity index (χ0n) is 11.3. The van der Waals surface area contributed by atoms with E-state index in [1.165, 1.54) is 24.0 Å². The largest absolute Gasteiger partial charge is 0.479 e. The van der Waals surface area contributed by atoms with Crippen molar-refractivity contribution in [2.75, 3.05) is 6.54 Å². The summed E-state index contributed by atoms with van der Waals surface area (Å²) in [7, 11) is 0. The third kappa shape index (κ3) is 2.75. The molecule has 1 atom stereocenters. The minimum atomic E-state index is -1.56. The lowest BCUT2D eigenvalue weighted by Crippen LogP contribution is -2.49. The van der Waals surface area contributed by atoms with Gasteiger partial charge in [0.25, 0.3) is 0 Å². The van der Waals surface area contributed by atoms with E-state index in [-0.39, 0.29) is 5.56 Å². The number of carboxylic acid groups (broad SMARTS) is 1. The molecule has 0 fully saturated rings. The minimum Gasteiger partial charge on any atom is -0.479 e. The van der Waals surface area contributed by atoms with E-state index in [0.29, 0.717) is 24.9 Å². The van der Waals surface area contributed by atoms with E-state index in [4.69, 9.17) is 0 Å². The van der Waals surface area contributed by atoms with E-state index in [1.807, 2.05) is 6.92 Å². The van der Waals surface area contributed by atoms with Gasteiger partial charge in [-0.2, -0.15) is 0 Å². The van der Waals surface area contributed by atoms with Crippen LogP contribution in [0.5, 0.6) is 0 Å². The van der Waals surface area contributed by atoms with Gasteiger partial charge in [-0.3, -0.25) is 4.79 Å². The fraction of sp³-hybridized carbons (Fsp3) is 0.429. The Kier molecular flexibility index (Phi) is 4.64. The van der Waals surface area contributed by atoms with Crippen LogP contribution in [0.3, 0.4) is 0 Å². The highest BCUT2D eigenvalue weighted by molar-refractivity contribution is 5.82. The Balaban J connectivity index is 3.35. The maximum Gasteiger partial charge on any atom is 0.334 e. The summed E-state index contributed by atoms with van der Waals surface area (Å²) in [5.74, 6) is -1.66. The summed E-state index contributed by atoms with van der Waals surface area (Å²) in [6.45, 7) is 5.14. The monoisotopic (exact) mass is 267 g/mol. The molecule has 1 aromatic carbocycles. The minimum absolute atomic E-state index is 0.253. The number of hydrogen-bond acceptors (Lipinski definition) is 2. The Hall–Kier alpha value is -1.91. The second-order valence-corrected chi connectivity index (χ2v) is 4.64. The van der Waals surface area contributed by atoms with Crippen LogP contribution in [-0.2, 0) is 15.1 Å². The third-order valence-corrected chi connectivity index (χ3v) is 3.32. The molecule has 0 heterocycles. The van der Waals surface area contributed by atoms with Gasteiger partial charge in [0.1, 0.15) is 5.82 Å². The Labute approximate surface area is 111 Å². The highest BCUT2D eigenvalue weighted by atomic mass is 19.1. The summed E-state index contributed by atoms with van der Waals surface area (Å²) in [4.78, 5) is 23.9. The smallest absolute Gasteiger partial charge is 0.334 e. The van der Waals surface area contributed by atoms with Gasteiger partial charge >= 0.3 is 5.97 Å². The summed E-state index contributed by atoms with van der Waals surface area (Å²) < 4.78 is 13.6. The number of halogens is 1. The van der Waals surface area contributed by atoms with Crippen LogP contribution in [0.4, 0.5) is 4.39 Å². The van der Waals surface area contributed by atoms with E-state index in [1.54, 1.807) is 13.0 Å². The van der Waals surface area contributed by atoms with Crippen LogP contribution in [0.1, 0.15) is 31.4 Å². The zero-order chi connectivity index (χ0) is 14.6. The fourth-order valence-corrected chi connectivity index (χ4v) is 1.93. The number of amides is 1. The molecule has 0 bridgehead atoms. The molecule has 1 amide bonds. The van der Waals surface area contributed by atoms with Crippen molar-refractivity contribution >= 4 is 12.4 Å². The van der Waals surface area contributed by atoms with Crippen molar-refractivity contribution in [2.45, 2.75) is 32.7 Å². The molecule has 19 heavy (non-hydrogen) atoms. The maximum atomic E-state index is 13.6. The second kappa shape index (κ2) is 5.82. The molecule has 1 N–H and O–H groups in total. The third-order valence-electron chi connectivity index (χ3n) is 3.32. The van der Waals surface area contributed by atoms with E-state index >= 15 is 0 Å². The molecule has 0 saturated heterocycles. The SMILES string of the molecule is CCCN(C=O)C(C)(C(=O)O)c1ccc(C)c(F)c1. The number of carbonyl (C=O) groups is 2. The normalized spacial score (nSPS) is 13.7. The van der Waals surface area contributed by atoms with E-state index in [2.05, 4.69) is 0 Å². The van der Waals surface area contributed by atoms with Gasteiger partial charge in [0, 0.05) is 6.54 Å². The number of benzene rings is 1. The van der Waals surface area contributed by atoms with Gasteiger partial charge in [0.05, 0.1) is 0 Å². The van der Waals surface area contributed by atoms with Gasteiger partial charge in [-0.1, -0.05) is 19.1 Å². The Bertz CT molecular complexity index is 490. The molecule has 104 valence electrons. The molecular formula is C14H18FNO3. The van der Waals surface area contributed by atoms with Gasteiger partial charge in [0.2, 0.25) is 6.41 Å². The van der Waals surface area contributed by atoms with E-state index in [9.17, 15) is 19.1 Å². The standard InChI is InChI=1S/C14H18FNO3/c1-4-7-16(9-17)14(3,13(18)19)11-6-5-10(2)12(15)8-11/h5-6,8-9H,4,7H2,1-3H3,(H,18,19). The Morgan fingerprint density at radius 2 is 2.16 bits per heavy atom. The van der Waals surface area contributed by atoms with Crippen molar-refractivity contribution < 1.29 is 19.1 Å². The molecule has 0 radical (unpaired) electrons. The molecule has 1 unspecified atom stereocenters. The number of hydrogen-bond donors (Lipinski definition) is 1. The molecule has 1 aromatic rings. The van der Waals surface area contributed by atoms with Gasteiger partial charge in [-0.25, -0.2) is 9.18 Å². The molecular weight excluding hydrogens is 249 g/mol. The van der Waals surface area contributed by atoms with Crippen LogP contribution in [0, 0.1) is 12.7 Å². The molecule has 0 saturated carbocycles. The fourth-order valence-electron chi connectivity index (χ4n) is 1.93. The summed E-state index contributed by atoms with van der Waals surface area (Å²) in [6.07, 6.45) is 1.12. The summed E-state index contributed by atoms with van der Waals surface area (Å²) in [6, 6.07) is 4.23. The molecule has 0 aliphatic heterocycles. The van der Waals surface area contributed by atoms with E-state index < -0.39 is 17.3 Å². The average Bonchev–Trinajstić information content (AvgIpc) is 2.38. The lowest BCUT2D eigenvalue weighted by molar-refractivity contribution is -0.154. The predicted molar refractivity (Wildman–Crippen MR) is 69.2 cm³/mol. The first-order valence-corrected chi connectivity index (χ1v) is 6.10. The first kappa shape index (κ1) is 15.1. The van der Waals surface area contributed by atoms with Crippen LogP contribution >= 0.6 is 0 Å². The Morgan fingerprint density at radius 1 is 1.53 bits per heavy atom. The number of aryl methyl sites for hydroxylation is 1. The average molecular weight is 267 g/mol. The molecule has 1 rings (SSSR count). The number of aliphatic carboxylic acids is 1. The van der Waals surface area contributed by atoms with Crippen LogP contribution in [0.15, 0.2) is 18.2 Å². The molecule has 4 nitrogen and oxygen atoms in total. The maximum absolute atomic E-state index is 13.6. The van der Waals surface area contributed by atoms with Crippen molar-refractivity contribution in [2.24, 2.45) is 0 Å². The van der Waals surface area contributed by atoms with Crippen molar-refractivity contribution in [3.05, 3.63) is 35.1 Å². The molecule has 0 aromatic heterocycles. The van der Waals surface area contributed by atoms with Crippen LogP contribution in [0.2, 0.25) is 0 Å². The highest BCUT2D eigenvalue weighted by Gasteiger charge is 2.41. The van der Waals surface area contributed by atoms with Crippen LogP contribution < -0.4 is 0 Å². The van der Waals surface area contributed by atoms with Crippen molar-refractivity contribution in [1.82, 2.24) is 4.90 Å². The summed E-state index contributed by atoms with van der Waals surface area (Å²) in [5, 5.41) is 9.45. The van der Waals surface area contributed by atoms with Crippen molar-refractivity contribution in [3.63, 3.8) is 0 Å². The quantitative estimate of drug-likeness (QED) is 0.805. The summed E-state index contributed by atoms with van der Waals surface area (Å²) >= 11 is 0. The molecule has 0 spiro atoms. The van der Waals surface area contributed by atoms with Crippen LogP contribution in [0.25, 0.3) is 0 Å². The Morgan fingerprint density at radius 3 is 2.58 bits per heavy atom. The van der Waals surface area contributed by atoms with Gasteiger partial charge in [0.15, 0.2) is 5.54 Å². The topological polar surface area (TPSA) is 57.6 Å². The van der Waals surface area contributed by atoms with Crippen molar-refractivity contribution in [1.29, 1.82) is 0 Å². The molecule has 0 aliphatic carbocycles. The number of nitrogens with zero attached hydrogens (tertiary/aromatic N) is 1. The number of rotatable bonds is 6. The molecule has 0 aliphatic rings. The highest BCUT2D eigenvalue weighted by Crippen LogP contribution is 2.29. The summed E-state index contributed by atoms with van der Waals surface area (Å²) in [5.41, 5.74) is -0.875. The number of carboxylic acids is 1. The first-order chi connectivity index (χ1) is 8.87. The van der Waals surface area contributed by atoms with Gasteiger partial charge in [-0.05, 0) is 37.5 Å². The predicted octanol–water partition coefficient (Wildman–Crippen LogP) is 2.30. The zero-order valence-corrected chi connectivity index (χ0v) is 11.3. The van der Waals surface area contributed by atoms with Crippen molar-refractivity contribution in [3.8, 4) is 0 Å².